The van der Waals surface area contributed by atoms with E-state index >= 15 is 0 Å². The number of anilines is 1. The van der Waals surface area contributed by atoms with Gasteiger partial charge in [0, 0.05) is 17.5 Å². The highest BCUT2D eigenvalue weighted by atomic mass is 32.1. The summed E-state index contributed by atoms with van der Waals surface area (Å²) in [6.07, 6.45) is 0. The minimum absolute atomic E-state index is 0.0195. The van der Waals surface area contributed by atoms with Crippen molar-refractivity contribution in [2.75, 3.05) is 12.4 Å². The first-order valence-corrected chi connectivity index (χ1v) is 6.08. The molecule has 7 heteroatoms. The van der Waals surface area contributed by atoms with Gasteiger partial charge in [0.05, 0.1) is 29.8 Å². The molecule has 0 bridgehead atoms. The fourth-order valence-electron chi connectivity index (χ4n) is 1.45. The van der Waals surface area contributed by atoms with Gasteiger partial charge in [0.1, 0.15) is 11.4 Å². The third kappa shape index (κ3) is 2.75. The highest BCUT2D eigenvalue weighted by molar-refractivity contribution is 7.07. The lowest BCUT2D eigenvalue weighted by Gasteiger charge is -2.07. The van der Waals surface area contributed by atoms with Crippen LogP contribution in [-0.4, -0.2) is 17.0 Å². The third-order valence-corrected chi connectivity index (χ3v) is 2.98. The maximum Gasteiger partial charge on any atom is 0.292 e. The first-order valence-electron chi connectivity index (χ1n) is 5.14. The molecule has 1 aromatic heterocycles. The Kier molecular flexibility index (Phi) is 3.73. The summed E-state index contributed by atoms with van der Waals surface area (Å²) in [4.78, 5) is 14.6. The zero-order valence-electron chi connectivity index (χ0n) is 9.62. The summed E-state index contributed by atoms with van der Waals surface area (Å²) >= 11 is 1.48. The molecule has 0 aliphatic heterocycles. The van der Waals surface area contributed by atoms with Gasteiger partial charge in [0.25, 0.3) is 5.69 Å². The van der Waals surface area contributed by atoms with E-state index in [0.717, 1.165) is 5.69 Å². The lowest BCUT2D eigenvalue weighted by molar-refractivity contribution is -0.384. The molecule has 0 spiro atoms. The number of nitrogens with zero attached hydrogens (tertiary/aromatic N) is 2. The normalized spacial score (nSPS) is 10.1. The quantitative estimate of drug-likeness (QED) is 0.664. The predicted molar refractivity (Wildman–Crippen MR) is 69.1 cm³/mol. The average molecular weight is 265 g/mol. The van der Waals surface area contributed by atoms with Crippen LogP contribution in [0.15, 0.2) is 29.1 Å². The summed E-state index contributed by atoms with van der Waals surface area (Å²) in [5.41, 5.74) is 3.01. The molecular weight excluding hydrogens is 254 g/mol. The molecule has 2 aromatic rings. The van der Waals surface area contributed by atoms with Crippen molar-refractivity contribution in [2.45, 2.75) is 6.54 Å². The Morgan fingerprint density at radius 2 is 2.39 bits per heavy atom. The standard InChI is InChI=1S/C11H11N3O3S/c1-17-9-2-3-11(14(15)16)10(4-9)12-5-8-6-18-7-13-8/h2-4,6-7,12H,5H2,1H3. The van der Waals surface area contributed by atoms with E-state index in [-0.39, 0.29) is 5.69 Å². The Morgan fingerprint density at radius 3 is 3.00 bits per heavy atom. The zero-order valence-corrected chi connectivity index (χ0v) is 10.4. The van der Waals surface area contributed by atoms with Gasteiger partial charge in [-0.3, -0.25) is 10.1 Å². The molecule has 94 valence electrons. The van der Waals surface area contributed by atoms with Gasteiger partial charge in [0.2, 0.25) is 0 Å². The number of benzene rings is 1. The van der Waals surface area contributed by atoms with E-state index < -0.39 is 4.92 Å². The lowest BCUT2D eigenvalue weighted by Crippen LogP contribution is -2.03. The largest absolute Gasteiger partial charge is 0.497 e. The van der Waals surface area contributed by atoms with Gasteiger partial charge in [-0.15, -0.1) is 11.3 Å². The number of nitro benzene ring substituents is 1. The van der Waals surface area contributed by atoms with Crippen molar-refractivity contribution < 1.29 is 9.66 Å². The van der Waals surface area contributed by atoms with E-state index in [0.29, 0.717) is 18.0 Å². The van der Waals surface area contributed by atoms with Gasteiger partial charge in [-0.2, -0.15) is 0 Å². The minimum Gasteiger partial charge on any atom is -0.497 e. The third-order valence-electron chi connectivity index (χ3n) is 2.34. The first-order chi connectivity index (χ1) is 8.70. The molecule has 6 nitrogen and oxygen atoms in total. The second-order valence-electron chi connectivity index (χ2n) is 3.47. The van der Waals surface area contributed by atoms with Gasteiger partial charge in [-0.1, -0.05) is 0 Å². The smallest absolute Gasteiger partial charge is 0.292 e. The average Bonchev–Trinajstić information content (AvgIpc) is 2.88. The number of aromatic nitrogens is 1. The second kappa shape index (κ2) is 5.46. The molecule has 18 heavy (non-hydrogen) atoms. The molecule has 1 heterocycles. The summed E-state index contributed by atoms with van der Waals surface area (Å²) in [5.74, 6) is 0.571. The van der Waals surface area contributed by atoms with Crippen LogP contribution in [0, 0.1) is 10.1 Å². The van der Waals surface area contributed by atoms with E-state index in [1.165, 1.54) is 24.5 Å². The van der Waals surface area contributed by atoms with Gasteiger partial charge in [-0.25, -0.2) is 4.98 Å². The van der Waals surface area contributed by atoms with Crippen LogP contribution in [0.5, 0.6) is 5.75 Å². The van der Waals surface area contributed by atoms with Gasteiger partial charge >= 0.3 is 0 Å². The van der Waals surface area contributed by atoms with E-state index in [1.807, 2.05) is 5.38 Å². The van der Waals surface area contributed by atoms with Crippen LogP contribution in [-0.2, 0) is 6.54 Å². The van der Waals surface area contributed by atoms with E-state index in [4.69, 9.17) is 4.74 Å². The van der Waals surface area contributed by atoms with Gasteiger partial charge < -0.3 is 10.1 Å². The van der Waals surface area contributed by atoms with Crippen molar-refractivity contribution in [3.63, 3.8) is 0 Å². The lowest BCUT2D eigenvalue weighted by atomic mass is 10.2. The summed E-state index contributed by atoms with van der Waals surface area (Å²) in [7, 11) is 1.52. The molecule has 0 amide bonds. The molecule has 2 rings (SSSR count). The molecule has 0 aliphatic rings. The Hall–Kier alpha value is -2.15. The highest BCUT2D eigenvalue weighted by Crippen LogP contribution is 2.29. The monoisotopic (exact) mass is 265 g/mol. The SMILES string of the molecule is COc1ccc([N+](=O)[O-])c(NCc2cscn2)c1. The maximum absolute atomic E-state index is 10.9. The Balaban J connectivity index is 2.20. The Morgan fingerprint density at radius 1 is 1.56 bits per heavy atom. The number of rotatable bonds is 5. The number of hydrogen-bond donors (Lipinski definition) is 1. The second-order valence-corrected chi connectivity index (χ2v) is 4.19. The fraction of sp³-hybridized carbons (Fsp3) is 0.182. The summed E-state index contributed by atoms with van der Waals surface area (Å²) < 4.78 is 5.05. The zero-order chi connectivity index (χ0) is 13.0. The number of methoxy groups -OCH3 is 1. The molecule has 0 unspecified atom stereocenters. The minimum atomic E-state index is -0.428. The molecule has 0 saturated heterocycles. The first kappa shape index (κ1) is 12.3. The molecule has 1 aromatic carbocycles. The summed E-state index contributed by atoms with van der Waals surface area (Å²) in [6.45, 7) is 0.442. The molecular formula is C11H11N3O3S. The molecule has 0 fully saturated rings. The van der Waals surface area contributed by atoms with Crippen LogP contribution in [0.2, 0.25) is 0 Å². The van der Waals surface area contributed by atoms with Crippen LogP contribution in [0.25, 0.3) is 0 Å². The molecule has 0 saturated carbocycles. The highest BCUT2D eigenvalue weighted by Gasteiger charge is 2.14. The number of nitro groups is 1. The van der Waals surface area contributed by atoms with Gasteiger partial charge in [0.15, 0.2) is 0 Å². The predicted octanol–water partition coefficient (Wildman–Crippen LogP) is 2.67. The van der Waals surface area contributed by atoms with Crippen LogP contribution >= 0.6 is 11.3 Å². The van der Waals surface area contributed by atoms with Crippen molar-refractivity contribution in [1.82, 2.24) is 4.98 Å². The topological polar surface area (TPSA) is 77.3 Å². The molecule has 0 aliphatic carbocycles. The maximum atomic E-state index is 10.9. The summed E-state index contributed by atoms with van der Waals surface area (Å²) in [6, 6.07) is 4.58. The number of hydrogen-bond acceptors (Lipinski definition) is 6. The van der Waals surface area contributed by atoms with Crippen molar-refractivity contribution in [2.24, 2.45) is 0 Å². The van der Waals surface area contributed by atoms with Gasteiger partial charge in [-0.05, 0) is 6.07 Å². The Bertz CT molecular complexity index is 542. The van der Waals surface area contributed by atoms with Crippen LogP contribution in [0.4, 0.5) is 11.4 Å². The van der Waals surface area contributed by atoms with Crippen molar-refractivity contribution >= 4 is 22.7 Å². The number of ether oxygens (including phenoxy) is 1. The number of nitrogens with one attached hydrogen (secondary N) is 1. The van der Waals surface area contributed by atoms with Crippen molar-refractivity contribution in [3.8, 4) is 5.75 Å². The van der Waals surface area contributed by atoms with Crippen LogP contribution in [0.1, 0.15) is 5.69 Å². The fourth-order valence-corrected chi connectivity index (χ4v) is 2.01. The van der Waals surface area contributed by atoms with Crippen LogP contribution < -0.4 is 10.1 Å². The van der Waals surface area contributed by atoms with E-state index in [2.05, 4.69) is 10.3 Å². The Labute approximate surface area is 107 Å². The molecule has 0 radical (unpaired) electrons. The van der Waals surface area contributed by atoms with E-state index in [1.54, 1.807) is 17.6 Å². The molecule has 1 N–H and O–H groups in total. The summed E-state index contributed by atoms with van der Waals surface area (Å²) in [5, 5.41) is 15.8. The van der Waals surface area contributed by atoms with Crippen LogP contribution in [0.3, 0.4) is 0 Å². The number of thiazole rings is 1. The van der Waals surface area contributed by atoms with Crippen molar-refractivity contribution in [3.05, 3.63) is 44.9 Å². The van der Waals surface area contributed by atoms with E-state index in [9.17, 15) is 10.1 Å². The molecule has 0 atom stereocenters. The van der Waals surface area contributed by atoms with Crippen molar-refractivity contribution in [1.29, 1.82) is 0 Å².